The number of rotatable bonds is 9. The van der Waals surface area contributed by atoms with Crippen molar-refractivity contribution < 1.29 is 19.6 Å². The van der Waals surface area contributed by atoms with E-state index < -0.39 is 12.5 Å². The molecule has 1 amide bonds. The zero-order chi connectivity index (χ0) is 12.4. The van der Waals surface area contributed by atoms with Crippen LogP contribution in [0.5, 0.6) is 0 Å². The lowest BCUT2D eigenvalue weighted by molar-refractivity contribution is -0.887. The van der Waals surface area contributed by atoms with Gasteiger partial charge in [0.15, 0.2) is 0 Å². The standard InChI is InChI=1S/C11H18N2O3/c1-3-6-13(7-4-2)8-5-10(14)12-9-11(15)16/h3-4H,1-2,5-9H2,(H,12,14)(H,15,16). The van der Waals surface area contributed by atoms with Gasteiger partial charge in [-0.2, -0.15) is 0 Å². The second kappa shape index (κ2) is 8.67. The van der Waals surface area contributed by atoms with Crippen molar-refractivity contribution in [1.29, 1.82) is 0 Å². The van der Waals surface area contributed by atoms with Crippen LogP contribution in [0.3, 0.4) is 0 Å². The fourth-order valence-electron chi connectivity index (χ4n) is 1.25. The maximum atomic E-state index is 11.2. The van der Waals surface area contributed by atoms with Crippen molar-refractivity contribution in [2.45, 2.75) is 6.42 Å². The molecule has 0 aliphatic rings. The Labute approximate surface area is 95.4 Å². The third-order valence-corrected chi connectivity index (χ3v) is 2.00. The summed E-state index contributed by atoms with van der Waals surface area (Å²) in [5, 5.41) is 12.3. The van der Waals surface area contributed by atoms with Crippen LogP contribution in [0.1, 0.15) is 6.42 Å². The maximum Gasteiger partial charge on any atom is 0.225 e. The van der Waals surface area contributed by atoms with Crippen molar-refractivity contribution in [3.8, 4) is 0 Å². The summed E-state index contributed by atoms with van der Waals surface area (Å²) in [6.45, 7) is 8.94. The lowest BCUT2D eigenvalue weighted by Crippen LogP contribution is -3.11. The summed E-state index contributed by atoms with van der Waals surface area (Å²) >= 11 is 0. The van der Waals surface area contributed by atoms with Gasteiger partial charge in [-0.15, -0.1) is 0 Å². The molecule has 0 atom stereocenters. The van der Waals surface area contributed by atoms with Gasteiger partial charge in [0.25, 0.3) is 0 Å². The van der Waals surface area contributed by atoms with E-state index in [4.69, 9.17) is 0 Å². The molecular formula is C11H18N2O3. The number of carboxylic acids is 1. The number of hydrogen-bond acceptors (Lipinski definition) is 3. The molecule has 0 fully saturated rings. The van der Waals surface area contributed by atoms with E-state index in [0.717, 1.165) is 18.0 Å². The Morgan fingerprint density at radius 1 is 1.25 bits per heavy atom. The summed E-state index contributed by atoms with van der Waals surface area (Å²) in [5.74, 6) is -1.57. The number of quaternary nitrogens is 1. The fourth-order valence-corrected chi connectivity index (χ4v) is 1.25. The molecule has 0 saturated carbocycles. The van der Waals surface area contributed by atoms with E-state index >= 15 is 0 Å². The van der Waals surface area contributed by atoms with E-state index in [0.29, 0.717) is 6.54 Å². The first-order valence-corrected chi connectivity index (χ1v) is 5.12. The zero-order valence-corrected chi connectivity index (χ0v) is 9.33. The monoisotopic (exact) mass is 226 g/mol. The van der Waals surface area contributed by atoms with Crippen molar-refractivity contribution in [2.75, 3.05) is 26.2 Å². The molecule has 0 bridgehead atoms. The molecule has 16 heavy (non-hydrogen) atoms. The second-order valence-corrected chi connectivity index (χ2v) is 3.38. The number of amides is 1. The van der Waals surface area contributed by atoms with Gasteiger partial charge in [-0.25, -0.2) is 0 Å². The molecule has 2 N–H and O–H groups in total. The van der Waals surface area contributed by atoms with Gasteiger partial charge in [-0.3, -0.25) is 4.79 Å². The van der Waals surface area contributed by atoms with Gasteiger partial charge in [0.05, 0.1) is 38.6 Å². The molecule has 0 aromatic heterocycles. The number of nitrogens with one attached hydrogen (secondary N) is 2. The summed E-state index contributed by atoms with van der Waals surface area (Å²) in [7, 11) is 0. The van der Waals surface area contributed by atoms with E-state index in [1.54, 1.807) is 12.2 Å². The highest BCUT2D eigenvalue weighted by Gasteiger charge is 2.08. The van der Waals surface area contributed by atoms with Gasteiger partial charge in [-0.1, -0.05) is 13.2 Å². The van der Waals surface area contributed by atoms with Crippen LogP contribution >= 0.6 is 0 Å². The lowest BCUT2D eigenvalue weighted by atomic mass is 10.3. The average Bonchev–Trinajstić information content (AvgIpc) is 2.23. The quantitative estimate of drug-likeness (QED) is 0.427. The minimum Gasteiger partial charge on any atom is -0.548 e. The van der Waals surface area contributed by atoms with Crippen LogP contribution in [0.15, 0.2) is 25.3 Å². The Hall–Kier alpha value is -1.62. The number of carboxylic acid groups (broad SMARTS) is 1. The molecule has 0 aliphatic heterocycles. The van der Waals surface area contributed by atoms with Crippen LogP contribution in [0.2, 0.25) is 0 Å². The van der Waals surface area contributed by atoms with E-state index in [1.165, 1.54) is 0 Å². The third-order valence-electron chi connectivity index (χ3n) is 2.00. The van der Waals surface area contributed by atoms with Crippen molar-refractivity contribution in [3.63, 3.8) is 0 Å². The Morgan fingerprint density at radius 3 is 2.25 bits per heavy atom. The molecule has 0 unspecified atom stereocenters. The molecule has 5 heteroatoms. The first kappa shape index (κ1) is 14.4. The van der Waals surface area contributed by atoms with Gasteiger partial charge >= 0.3 is 0 Å². The van der Waals surface area contributed by atoms with Crippen LogP contribution in [-0.2, 0) is 9.59 Å². The first-order chi connectivity index (χ1) is 7.60. The summed E-state index contributed by atoms with van der Waals surface area (Å²) in [6.07, 6.45) is 3.83. The SMILES string of the molecule is C=CC[NH+](CC=C)CCC(=O)NCC(=O)[O-]. The average molecular weight is 226 g/mol. The number of carbonyl (C=O) groups is 2. The van der Waals surface area contributed by atoms with Gasteiger partial charge in [0, 0.05) is 0 Å². The van der Waals surface area contributed by atoms with Gasteiger partial charge < -0.3 is 20.1 Å². The molecule has 0 aromatic rings. The molecular weight excluding hydrogens is 208 g/mol. The number of hydrogen-bond donors (Lipinski definition) is 2. The van der Waals surface area contributed by atoms with Crippen LogP contribution in [-0.4, -0.2) is 38.1 Å². The van der Waals surface area contributed by atoms with E-state index in [1.807, 2.05) is 0 Å². The number of carbonyl (C=O) groups excluding carboxylic acids is 2. The zero-order valence-electron chi connectivity index (χ0n) is 9.33. The Kier molecular flexibility index (Phi) is 7.79. The summed E-state index contributed by atoms with van der Waals surface area (Å²) in [6, 6.07) is 0. The molecule has 0 aliphatic carbocycles. The topological polar surface area (TPSA) is 73.7 Å². The van der Waals surface area contributed by atoms with Crippen LogP contribution in [0.25, 0.3) is 0 Å². The highest BCUT2D eigenvalue weighted by molar-refractivity contribution is 5.80. The summed E-state index contributed by atoms with van der Waals surface area (Å²) in [4.78, 5) is 22.4. The Morgan fingerprint density at radius 2 is 1.81 bits per heavy atom. The lowest BCUT2D eigenvalue weighted by Gasteiger charge is -2.15. The minimum absolute atomic E-state index is 0.282. The van der Waals surface area contributed by atoms with Crippen molar-refractivity contribution >= 4 is 11.9 Å². The van der Waals surface area contributed by atoms with Crippen LogP contribution in [0, 0.1) is 0 Å². The van der Waals surface area contributed by atoms with E-state index in [2.05, 4.69) is 18.5 Å². The molecule has 0 heterocycles. The highest BCUT2D eigenvalue weighted by atomic mass is 16.4. The van der Waals surface area contributed by atoms with E-state index in [-0.39, 0.29) is 12.3 Å². The fraction of sp³-hybridized carbons (Fsp3) is 0.455. The van der Waals surface area contributed by atoms with Crippen molar-refractivity contribution in [1.82, 2.24) is 5.32 Å². The first-order valence-electron chi connectivity index (χ1n) is 5.12. The van der Waals surface area contributed by atoms with Gasteiger partial charge in [0.2, 0.25) is 5.91 Å². The molecule has 0 rings (SSSR count). The molecule has 0 saturated heterocycles. The molecule has 0 radical (unpaired) electrons. The molecule has 0 aromatic carbocycles. The van der Waals surface area contributed by atoms with Crippen molar-refractivity contribution in [3.05, 3.63) is 25.3 Å². The highest BCUT2D eigenvalue weighted by Crippen LogP contribution is 1.74. The van der Waals surface area contributed by atoms with Crippen LogP contribution in [0.4, 0.5) is 0 Å². The predicted molar refractivity (Wildman–Crippen MR) is 58.6 cm³/mol. The Balaban J connectivity index is 3.80. The van der Waals surface area contributed by atoms with Gasteiger partial charge in [-0.05, 0) is 12.2 Å². The second-order valence-electron chi connectivity index (χ2n) is 3.38. The molecule has 5 nitrogen and oxygen atoms in total. The predicted octanol–water partition coefficient (Wildman–Crippen LogP) is -2.50. The Bertz CT molecular complexity index is 254. The maximum absolute atomic E-state index is 11.2. The normalized spacial score (nSPS) is 9.81. The molecule has 90 valence electrons. The van der Waals surface area contributed by atoms with Gasteiger partial charge in [0.1, 0.15) is 0 Å². The molecule has 0 spiro atoms. The van der Waals surface area contributed by atoms with Crippen molar-refractivity contribution in [2.24, 2.45) is 0 Å². The number of aliphatic carboxylic acids is 1. The largest absolute Gasteiger partial charge is 0.548 e. The summed E-state index contributed by atoms with van der Waals surface area (Å²) < 4.78 is 0. The van der Waals surface area contributed by atoms with Crippen LogP contribution < -0.4 is 15.3 Å². The van der Waals surface area contributed by atoms with E-state index in [9.17, 15) is 14.7 Å². The third kappa shape index (κ3) is 7.75. The minimum atomic E-state index is -1.28. The summed E-state index contributed by atoms with van der Waals surface area (Å²) in [5.41, 5.74) is 0. The smallest absolute Gasteiger partial charge is 0.225 e.